The van der Waals surface area contributed by atoms with Gasteiger partial charge in [-0.3, -0.25) is 9.38 Å². The monoisotopic (exact) mass is 265 g/mol. The summed E-state index contributed by atoms with van der Waals surface area (Å²) < 4.78 is 29.4. The summed E-state index contributed by atoms with van der Waals surface area (Å²) in [5, 5.41) is 0. The summed E-state index contributed by atoms with van der Waals surface area (Å²) in [6, 6.07) is 5.61. The van der Waals surface area contributed by atoms with Gasteiger partial charge in [0.25, 0.3) is 5.82 Å². The van der Waals surface area contributed by atoms with Gasteiger partial charge in [-0.25, -0.2) is 14.1 Å². The largest absolute Gasteiger partial charge is 0.299 e. The van der Waals surface area contributed by atoms with E-state index in [9.17, 15) is 0 Å². The van der Waals surface area contributed by atoms with E-state index in [4.69, 9.17) is 4.11 Å². The van der Waals surface area contributed by atoms with Crippen LogP contribution in [0.2, 0.25) is 0 Å². The fraction of sp³-hybridized carbons (Fsp3) is 0.133. The van der Waals surface area contributed by atoms with Crippen LogP contribution in [-0.2, 0) is 13.5 Å². The van der Waals surface area contributed by atoms with E-state index < -0.39 is 6.98 Å². The molecule has 0 aliphatic carbocycles. The topological polar surface area (TPSA) is 39.0 Å². The third-order valence-corrected chi connectivity index (χ3v) is 3.96. The summed E-state index contributed by atoms with van der Waals surface area (Å²) in [4.78, 5) is 8.50. The summed E-state index contributed by atoms with van der Waals surface area (Å²) in [6.45, 7) is -1.70. The molecule has 0 N–H and O–H groups in total. The zero-order valence-electron chi connectivity index (χ0n) is 13.5. The lowest BCUT2D eigenvalue weighted by molar-refractivity contribution is -0.633. The van der Waals surface area contributed by atoms with Crippen LogP contribution in [0.1, 0.15) is 9.81 Å². The first-order chi connectivity index (χ1) is 11.1. The standard InChI is InChI=1S/C15H12N5/c1-18-14-12-4-6-16-9-19(12)8-13(14)20-7-11-10(15(18)20)3-2-5-17-11/h2-6,8-9H,7H2,1H3/q+1/i1D3. The Morgan fingerprint density at radius 2 is 2.30 bits per heavy atom. The van der Waals surface area contributed by atoms with Crippen molar-refractivity contribution in [1.82, 2.24) is 18.9 Å². The van der Waals surface area contributed by atoms with Crippen LogP contribution in [0.15, 0.2) is 43.1 Å². The van der Waals surface area contributed by atoms with Crippen molar-refractivity contribution in [3.05, 3.63) is 48.8 Å². The minimum absolute atomic E-state index is 0.579. The molecular formula is C15H12N5+. The number of hydrogen-bond acceptors (Lipinski definition) is 2. The van der Waals surface area contributed by atoms with Gasteiger partial charge < -0.3 is 0 Å². The highest BCUT2D eigenvalue weighted by Gasteiger charge is 2.34. The third-order valence-electron chi connectivity index (χ3n) is 3.96. The zero-order chi connectivity index (χ0) is 15.8. The van der Waals surface area contributed by atoms with Crippen LogP contribution in [0.4, 0.5) is 0 Å². The van der Waals surface area contributed by atoms with Crippen molar-refractivity contribution in [2.75, 3.05) is 0 Å². The maximum absolute atomic E-state index is 8.03. The van der Waals surface area contributed by atoms with Crippen molar-refractivity contribution in [3.8, 4) is 11.4 Å². The van der Waals surface area contributed by atoms with Gasteiger partial charge in [0.15, 0.2) is 11.0 Å². The number of nitrogens with zero attached hydrogens (tertiary/aromatic N) is 5. The molecule has 4 aromatic heterocycles. The Bertz CT molecular complexity index is 1090. The first-order valence-electron chi connectivity index (χ1n) is 7.89. The molecule has 5 heterocycles. The highest BCUT2D eigenvalue weighted by Crippen LogP contribution is 2.33. The van der Waals surface area contributed by atoms with Crippen molar-refractivity contribution in [1.29, 1.82) is 0 Å². The lowest BCUT2D eigenvalue weighted by atomic mass is 10.2. The summed E-state index contributed by atoms with van der Waals surface area (Å²) in [5.41, 5.74) is 4.19. The van der Waals surface area contributed by atoms with Crippen LogP contribution >= 0.6 is 0 Å². The van der Waals surface area contributed by atoms with Gasteiger partial charge in [0.1, 0.15) is 6.54 Å². The van der Waals surface area contributed by atoms with E-state index in [1.54, 1.807) is 18.7 Å². The molecule has 5 nitrogen and oxygen atoms in total. The summed E-state index contributed by atoms with van der Waals surface area (Å²) in [7, 11) is 0. The number of imidazole rings is 1. The number of pyridine rings is 1. The van der Waals surface area contributed by atoms with E-state index in [1.807, 2.05) is 33.4 Å². The van der Waals surface area contributed by atoms with Gasteiger partial charge >= 0.3 is 0 Å². The molecule has 1 aliphatic heterocycles. The van der Waals surface area contributed by atoms with Crippen LogP contribution in [0, 0.1) is 0 Å². The SMILES string of the molecule is [2H]C([2H])([2H])[n+]1c2n(c3cn4cnccc4c31)Cc1ncccc1-2. The van der Waals surface area contributed by atoms with Crippen molar-refractivity contribution >= 4 is 16.6 Å². The van der Waals surface area contributed by atoms with Crippen LogP contribution < -0.4 is 4.57 Å². The maximum atomic E-state index is 8.03. The van der Waals surface area contributed by atoms with Crippen molar-refractivity contribution < 1.29 is 8.68 Å². The summed E-state index contributed by atoms with van der Waals surface area (Å²) in [6.07, 6.45) is 7.03. The molecule has 0 bridgehead atoms. The quantitative estimate of drug-likeness (QED) is 0.398. The average Bonchev–Trinajstić information content (AvgIpc) is 3.13. The van der Waals surface area contributed by atoms with Gasteiger partial charge in [-0.2, -0.15) is 0 Å². The van der Waals surface area contributed by atoms with E-state index in [0.29, 0.717) is 17.9 Å². The molecule has 0 atom stereocenters. The second-order valence-electron chi connectivity index (χ2n) is 4.98. The summed E-state index contributed by atoms with van der Waals surface area (Å²) >= 11 is 0. The second-order valence-corrected chi connectivity index (χ2v) is 4.98. The zero-order valence-corrected chi connectivity index (χ0v) is 10.5. The minimum atomic E-state index is -2.28. The van der Waals surface area contributed by atoms with Crippen molar-refractivity contribution in [2.24, 2.45) is 6.98 Å². The molecule has 0 saturated carbocycles. The molecule has 5 rings (SSSR count). The number of hydrogen-bond donors (Lipinski definition) is 0. The Balaban J connectivity index is 2.01. The minimum Gasteiger partial charge on any atom is -0.299 e. The molecule has 20 heavy (non-hydrogen) atoms. The fourth-order valence-electron chi connectivity index (χ4n) is 3.11. The molecule has 5 heteroatoms. The van der Waals surface area contributed by atoms with E-state index in [1.165, 1.54) is 4.57 Å². The first kappa shape index (κ1) is 7.79. The molecule has 0 amide bonds. The molecule has 1 aliphatic rings. The predicted molar refractivity (Wildman–Crippen MR) is 74.2 cm³/mol. The number of fused-ring (bicyclic) bond motifs is 7. The molecule has 0 spiro atoms. The summed E-state index contributed by atoms with van der Waals surface area (Å²) in [5.74, 6) is 0.692. The molecule has 4 aromatic rings. The lowest BCUT2D eigenvalue weighted by Gasteiger charge is -1.95. The molecule has 0 fully saturated rings. The van der Waals surface area contributed by atoms with Gasteiger partial charge in [0.2, 0.25) is 0 Å². The number of aryl methyl sites for hydroxylation is 1. The molecule has 0 radical (unpaired) electrons. The van der Waals surface area contributed by atoms with E-state index in [2.05, 4.69) is 9.97 Å². The number of rotatable bonds is 0. The smallest absolute Gasteiger partial charge is 0.292 e. The van der Waals surface area contributed by atoms with Gasteiger partial charge in [-0.05, 0) is 18.2 Å². The van der Waals surface area contributed by atoms with Gasteiger partial charge in [-0.15, -0.1) is 0 Å². The molecule has 0 aromatic carbocycles. The van der Waals surface area contributed by atoms with Gasteiger partial charge in [-0.1, -0.05) is 0 Å². The fourth-order valence-corrected chi connectivity index (χ4v) is 3.11. The first-order valence-corrected chi connectivity index (χ1v) is 6.39. The van der Waals surface area contributed by atoms with E-state index >= 15 is 0 Å². The Morgan fingerprint density at radius 1 is 1.30 bits per heavy atom. The molecule has 0 saturated heterocycles. The van der Waals surface area contributed by atoms with Gasteiger partial charge in [0.05, 0.1) is 40.4 Å². The van der Waals surface area contributed by atoms with Crippen LogP contribution in [0.5, 0.6) is 0 Å². The Hall–Kier alpha value is -2.69. The average molecular weight is 265 g/mol. The lowest BCUT2D eigenvalue weighted by Crippen LogP contribution is -2.29. The highest BCUT2D eigenvalue weighted by atomic mass is 15.2. The second kappa shape index (κ2) is 3.25. The van der Waals surface area contributed by atoms with Crippen LogP contribution in [0.3, 0.4) is 0 Å². The normalized spacial score (nSPS) is 15.9. The Morgan fingerprint density at radius 3 is 3.25 bits per heavy atom. The Labute approximate surface area is 119 Å². The maximum Gasteiger partial charge on any atom is 0.292 e. The highest BCUT2D eigenvalue weighted by molar-refractivity contribution is 5.91. The molecule has 0 unspecified atom stereocenters. The molecule has 96 valence electrons. The van der Waals surface area contributed by atoms with E-state index in [-0.39, 0.29) is 0 Å². The van der Waals surface area contributed by atoms with Crippen LogP contribution in [-0.4, -0.2) is 18.9 Å². The third kappa shape index (κ3) is 1.02. The van der Waals surface area contributed by atoms with Crippen LogP contribution in [0.25, 0.3) is 27.9 Å². The predicted octanol–water partition coefficient (Wildman–Crippen LogP) is 1.54. The van der Waals surface area contributed by atoms with Crippen molar-refractivity contribution in [3.63, 3.8) is 0 Å². The number of aromatic nitrogens is 5. The van der Waals surface area contributed by atoms with E-state index in [0.717, 1.165) is 22.3 Å². The molecular weight excluding hydrogens is 250 g/mol. The van der Waals surface area contributed by atoms with Crippen molar-refractivity contribution in [2.45, 2.75) is 6.54 Å². The van der Waals surface area contributed by atoms with Gasteiger partial charge in [0, 0.05) is 12.4 Å². The Kier molecular flexibility index (Phi) is 1.27.